The Labute approximate surface area is 173 Å². The summed E-state index contributed by atoms with van der Waals surface area (Å²) >= 11 is 0. The van der Waals surface area contributed by atoms with Gasteiger partial charge in [0.15, 0.2) is 0 Å². The minimum absolute atomic E-state index is 0.255. The average molecular weight is 430 g/mol. The van der Waals surface area contributed by atoms with Crippen LogP contribution in [-0.4, -0.2) is 85.1 Å². The molecule has 0 radical (unpaired) electrons. The molecule has 2 rings (SSSR count). The summed E-state index contributed by atoms with van der Waals surface area (Å²) in [6, 6.07) is 3.87. The topological polar surface area (TPSA) is 97.4 Å². The molecule has 1 aliphatic heterocycles. The van der Waals surface area contributed by atoms with Crippen LogP contribution in [0.2, 0.25) is 0 Å². The Morgan fingerprint density at radius 2 is 1.97 bits per heavy atom. The highest BCUT2D eigenvalue weighted by atomic mass is 32.2. The number of nitrogens with one attached hydrogen (secondary N) is 1. The molecule has 1 atom stereocenters. The zero-order valence-corrected chi connectivity index (χ0v) is 18.3. The van der Waals surface area contributed by atoms with Crippen LogP contribution in [0.3, 0.4) is 0 Å². The second-order valence-electron chi connectivity index (χ2n) is 6.87. The number of sulfonamides is 1. The molecule has 1 saturated heterocycles. The molecule has 0 aliphatic carbocycles. The number of anilines is 1. The number of carbonyl (C=O) groups excluding carboxylic acids is 1. The lowest BCUT2D eigenvalue weighted by Crippen LogP contribution is -2.48. The summed E-state index contributed by atoms with van der Waals surface area (Å²) in [5.74, 6) is 0.429. The van der Waals surface area contributed by atoms with E-state index in [9.17, 15) is 13.2 Å². The summed E-state index contributed by atoms with van der Waals surface area (Å²) in [6.07, 6.45) is 1.84. The Morgan fingerprint density at radius 3 is 2.55 bits per heavy atom. The van der Waals surface area contributed by atoms with Gasteiger partial charge in [0.25, 0.3) is 0 Å². The first-order valence-electron chi connectivity index (χ1n) is 9.57. The first kappa shape index (κ1) is 23.2. The van der Waals surface area contributed by atoms with Crippen LogP contribution in [0.5, 0.6) is 11.5 Å². The third-order valence-corrected chi connectivity index (χ3v) is 5.99. The Bertz CT molecular complexity index is 780. The summed E-state index contributed by atoms with van der Waals surface area (Å²) in [6.45, 7) is 6.12. The Hall–Kier alpha value is -2.04. The number of hydrogen-bond donors (Lipinski definition) is 1. The van der Waals surface area contributed by atoms with Gasteiger partial charge in [-0.05, 0) is 32.0 Å². The second-order valence-corrected chi connectivity index (χ2v) is 8.73. The number of rotatable bonds is 10. The van der Waals surface area contributed by atoms with E-state index in [0.29, 0.717) is 18.0 Å². The van der Waals surface area contributed by atoms with Gasteiger partial charge in [-0.25, -0.2) is 8.42 Å². The van der Waals surface area contributed by atoms with Gasteiger partial charge in [-0.3, -0.25) is 14.0 Å². The highest BCUT2D eigenvalue weighted by Crippen LogP contribution is 2.35. The number of ether oxygens (including phenoxy) is 3. The average Bonchev–Trinajstić information content (AvgIpc) is 2.70. The standard InChI is InChI=1S/C19H31N3O6S/c1-15(19(23)20-8-5-9-21-10-12-28-13-11-21)22(29(4,24)25)17-14-16(26-2)6-7-18(17)27-3/h6-7,14-15H,5,8-13H2,1-4H3,(H,20,23)/t15-/m1/s1. The van der Waals surface area contributed by atoms with Gasteiger partial charge in [0, 0.05) is 25.7 Å². The Kier molecular flexibility index (Phi) is 8.54. The van der Waals surface area contributed by atoms with Crippen LogP contribution < -0.4 is 19.1 Å². The van der Waals surface area contributed by atoms with Gasteiger partial charge in [-0.15, -0.1) is 0 Å². The predicted molar refractivity (Wildman–Crippen MR) is 111 cm³/mol. The van der Waals surface area contributed by atoms with E-state index in [1.807, 2.05) is 0 Å². The van der Waals surface area contributed by atoms with Gasteiger partial charge in [0.1, 0.15) is 17.5 Å². The number of morpholine rings is 1. The lowest BCUT2D eigenvalue weighted by atomic mass is 10.2. The SMILES string of the molecule is COc1ccc(OC)c(N([C@H](C)C(=O)NCCCN2CCOCC2)S(C)(=O)=O)c1. The fraction of sp³-hybridized carbons (Fsp3) is 0.632. The predicted octanol–water partition coefficient (Wildman–Crippen LogP) is 0.697. The quantitative estimate of drug-likeness (QED) is 0.547. The molecule has 1 aliphatic rings. The van der Waals surface area contributed by atoms with Gasteiger partial charge in [-0.2, -0.15) is 0 Å². The maximum absolute atomic E-state index is 12.7. The third kappa shape index (κ3) is 6.48. The fourth-order valence-corrected chi connectivity index (χ4v) is 4.41. The lowest BCUT2D eigenvalue weighted by molar-refractivity contribution is -0.121. The molecule has 1 fully saturated rings. The van der Waals surface area contributed by atoms with E-state index in [4.69, 9.17) is 14.2 Å². The summed E-state index contributed by atoms with van der Waals surface area (Å²) in [4.78, 5) is 15.0. The number of amides is 1. The van der Waals surface area contributed by atoms with Gasteiger partial charge >= 0.3 is 0 Å². The molecule has 1 aromatic rings. The van der Waals surface area contributed by atoms with E-state index in [-0.39, 0.29) is 11.6 Å². The second kappa shape index (κ2) is 10.7. The highest BCUT2D eigenvalue weighted by Gasteiger charge is 2.31. The van der Waals surface area contributed by atoms with E-state index >= 15 is 0 Å². The van der Waals surface area contributed by atoms with Crippen LogP contribution in [0.25, 0.3) is 0 Å². The molecule has 0 spiro atoms. The van der Waals surface area contributed by atoms with Crippen molar-refractivity contribution in [2.45, 2.75) is 19.4 Å². The van der Waals surface area contributed by atoms with Crippen molar-refractivity contribution < 1.29 is 27.4 Å². The van der Waals surface area contributed by atoms with Gasteiger partial charge in [0.2, 0.25) is 15.9 Å². The van der Waals surface area contributed by atoms with Gasteiger partial charge < -0.3 is 19.5 Å². The van der Waals surface area contributed by atoms with Crippen LogP contribution in [0.15, 0.2) is 18.2 Å². The van der Waals surface area contributed by atoms with Crippen molar-refractivity contribution in [3.05, 3.63) is 18.2 Å². The molecule has 10 heteroatoms. The van der Waals surface area contributed by atoms with Crippen LogP contribution in [-0.2, 0) is 19.6 Å². The number of hydrogen-bond acceptors (Lipinski definition) is 7. The van der Waals surface area contributed by atoms with E-state index in [1.165, 1.54) is 14.2 Å². The van der Waals surface area contributed by atoms with Crippen LogP contribution >= 0.6 is 0 Å². The lowest BCUT2D eigenvalue weighted by Gasteiger charge is -2.30. The van der Waals surface area contributed by atoms with Crippen molar-refractivity contribution in [1.29, 1.82) is 0 Å². The van der Waals surface area contributed by atoms with E-state index in [1.54, 1.807) is 25.1 Å². The molecule has 0 unspecified atom stereocenters. The molecule has 164 valence electrons. The molecule has 0 aromatic heterocycles. The molecule has 1 aromatic carbocycles. The van der Waals surface area contributed by atoms with Gasteiger partial charge in [-0.1, -0.05) is 0 Å². The van der Waals surface area contributed by atoms with Crippen molar-refractivity contribution >= 4 is 21.6 Å². The molecule has 0 bridgehead atoms. The highest BCUT2D eigenvalue weighted by molar-refractivity contribution is 7.92. The van der Waals surface area contributed by atoms with E-state index < -0.39 is 16.1 Å². The maximum atomic E-state index is 12.7. The first-order chi connectivity index (χ1) is 13.8. The molecule has 9 nitrogen and oxygen atoms in total. The summed E-state index contributed by atoms with van der Waals surface area (Å²) in [5.41, 5.74) is 0.255. The third-order valence-electron chi connectivity index (χ3n) is 4.77. The van der Waals surface area contributed by atoms with Crippen molar-refractivity contribution in [2.24, 2.45) is 0 Å². The molecular weight excluding hydrogens is 398 g/mol. The zero-order valence-electron chi connectivity index (χ0n) is 17.5. The molecule has 1 N–H and O–H groups in total. The number of benzene rings is 1. The monoisotopic (exact) mass is 429 g/mol. The van der Waals surface area contributed by atoms with Crippen molar-refractivity contribution in [2.75, 3.05) is 64.2 Å². The Morgan fingerprint density at radius 1 is 1.28 bits per heavy atom. The molecular formula is C19H31N3O6S. The summed E-state index contributed by atoms with van der Waals surface area (Å²) < 4.78 is 41.9. The Balaban J connectivity index is 2.07. The van der Waals surface area contributed by atoms with Crippen LogP contribution in [0.1, 0.15) is 13.3 Å². The minimum Gasteiger partial charge on any atom is -0.497 e. The normalized spacial score (nSPS) is 16.1. The fourth-order valence-electron chi connectivity index (χ4n) is 3.24. The summed E-state index contributed by atoms with van der Waals surface area (Å²) in [5, 5.41) is 2.84. The van der Waals surface area contributed by atoms with Crippen molar-refractivity contribution in [3.8, 4) is 11.5 Å². The smallest absolute Gasteiger partial charge is 0.243 e. The zero-order chi connectivity index (χ0) is 21.4. The maximum Gasteiger partial charge on any atom is 0.243 e. The molecule has 29 heavy (non-hydrogen) atoms. The molecule has 1 heterocycles. The summed E-state index contributed by atoms with van der Waals surface area (Å²) in [7, 11) is -0.819. The first-order valence-corrected chi connectivity index (χ1v) is 11.4. The number of methoxy groups -OCH3 is 2. The van der Waals surface area contributed by atoms with Crippen molar-refractivity contribution in [1.82, 2.24) is 10.2 Å². The minimum atomic E-state index is -3.75. The van der Waals surface area contributed by atoms with Crippen LogP contribution in [0, 0.1) is 0 Å². The van der Waals surface area contributed by atoms with Crippen LogP contribution in [0.4, 0.5) is 5.69 Å². The number of nitrogens with zero attached hydrogens (tertiary/aromatic N) is 2. The van der Waals surface area contributed by atoms with Crippen molar-refractivity contribution in [3.63, 3.8) is 0 Å². The van der Waals surface area contributed by atoms with Gasteiger partial charge in [0.05, 0.1) is 39.4 Å². The largest absolute Gasteiger partial charge is 0.497 e. The molecule has 1 amide bonds. The molecule has 0 saturated carbocycles. The van der Waals surface area contributed by atoms with E-state index in [2.05, 4.69) is 10.2 Å². The number of carbonyl (C=O) groups is 1. The van der Waals surface area contributed by atoms with E-state index in [0.717, 1.165) is 49.8 Å².